The van der Waals surface area contributed by atoms with E-state index in [1.54, 1.807) is 12.3 Å². The van der Waals surface area contributed by atoms with Gasteiger partial charge < -0.3 is 10.2 Å². The summed E-state index contributed by atoms with van der Waals surface area (Å²) in [5.74, 6) is -2.45. The fraction of sp³-hybridized carbons (Fsp3) is 0.111. The van der Waals surface area contributed by atoms with Gasteiger partial charge in [0.1, 0.15) is 0 Å². The van der Waals surface area contributed by atoms with Crippen molar-refractivity contribution >= 4 is 23.7 Å². The lowest BCUT2D eigenvalue weighted by atomic mass is 10.1. The third-order valence-electron chi connectivity index (χ3n) is 1.69. The molecule has 2 N–H and O–H groups in total. The van der Waals surface area contributed by atoms with Gasteiger partial charge >= 0.3 is 11.9 Å². The lowest BCUT2D eigenvalue weighted by Crippen LogP contribution is -2.07. The molecule has 0 saturated heterocycles. The van der Waals surface area contributed by atoms with E-state index in [0.29, 0.717) is 0 Å². The van der Waals surface area contributed by atoms with E-state index in [0.717, 1.165) is 4.90 Å². The van der Waals surface area contributed by atoms with Crippen molar-refractivity contribution in [3.8, 4) is 0 Å². The molecule has 0 radical (unpaired) electrons. The summed E-state index contributed by atoms with van der Waals surface area (Å²) >= 11 is 1.36. The molecule has 1 aromatic carbocycles. The van der Waals surface area contributed by atoms with Gasteiger partial charge in [-0.15, -0.1) is 11.8 Å². The first-order chi connectivity index (χ1) is 6.56. The van der Waals surface area contributed by atoms with Gasteiger partial charge in [0.2, 0.25) is 0 Å². The van der Waals surface area contributed by atoms with Crippen LogP contribution in [-0.4, -0.2) is 28.4 Å². The average molecular weight is 212 g/mol. The van der Waals surface area contributed by atoms with E-state index in [1.165, 1.54) is 23.9 Å². The predicted molar refractivity (Wildman–Crippen MR) is 52.1 cm³/mol. The number of hydrogen-bond acceptors (Lipinski definition) is 3. The number of carboxylic acid groups (broad SMARTS) is 2. The molecule has 0 atom stereocenters. The maximum atomic E-state index is 10.7. The summed E-state index contributed by atoms with van der Waals surface area (Å²) in [5, 5.41) is 17.5. The van der Waals surface area contributed by atoms with E-state index in [4.69, 9.17) is 10.2 Å². The van der Waals surface area contributed by atoms with Crippen LogP contribution in [0, 0.1) is 0 Å². The molecule has 0 saturated carbocycles. The molecule has 0 aliphatic carbocycles. The Morgan fingerprint density at radius 2 is 1.71 bits per heavy atom. The Labute approximate surface area is 84.6 Å². The zero-order valence-corrected chi connectivity index (χ0v) is 8.17. The Balaban J connectivity index is 3.31. The van der Waals surface area contributed by atoms with Crippen molar-refractivity contribution in [2.75, 3.05) is 6.26 Å². The quantitative estimate of drug-likeness (QED) is 0.747. The number of thioether (sulfide) groups is 1. The summed E-state index contributed by atoms with van der Waals surface area (Å²) in [4.78, 5) is 22.1. The lowest BCUT2D eigenvalue weighted by molar-refractivity contribution is 0.0651. The van der Waals surface area contributed by atoms with E-state index >= 15 is 0 Å². The first-order valence-electron chi connectivity index (χ1n) is 3.71. The molecule has 1 aromatic rings. The molecule has 14 heavy (non-hydrogen) atoms. The van der Waals surface area contributed by atoms with Crippen LogP contribution in [0.2, 0.25) is 0 Å². The standard InChI is InChI=1S/C9H8O4S/c1-14-5-2-3-6(8(10)11)7(4-5)9(12)13/h2-4H,1H3,(H,10,11)(H,12,13). The SMILES string of the molecule is CSc1ccc(C(=O)O)c(C(=O)O)c1. The third-order valence-corrected chi connectivity index (χ3v) is 2.41. The molecule has 0 unspecified atom stereocenters. The highest BCUT2D eigenvalue weighted by atomic mass is 32.2. The van der Waals surface area contributed by atoms with Gasteiger partial charge in [-0.05, 0) is 24.5 Å². The number of carbonyl (C=O) groups is 2. The Morgan fingerprint density at radius 1 is 1.14 bits per heavy atom. The van der Waals surface area contributed by atoms with Crippen LogP contribution in [0.5, 0.6) is 0 Å². The zero-order valence-electron chi connectivity index (χ0n) is 7.35. The van der Waals surface area contributed by atoms with E-state index in [1.807, 2.05) is 0 Å². The second-order valence-corrected chi connectivity index (χ2v) is 3.40. The topological polar surface area (TPSA) is 74.6 Å². The first-order valence-corrected chi connectivity index (χ1v) is 4.93. The van der Waals surface area contributed by atoms with Gasteiger partial charge in [0.05, 0.1) is 11.1 Å². The maximum Gasteiger partial charge on any atom is 0.336 e. The van der Waals surface area contributed by atoms with Crippen LogP contribution in [0.4, 0.5) is 0 Å². The minimum atomic E-state index is -1.23. The molecule has 4 nitrogen and oxygen atoms in total. The van der Waals surface area contributed by atoms with E-state index in [9.17, 15) is 9.59 Å². The molecule has 74 valence electrons. The lowest BCUT2D eigenvalue weighted by Gasteiger charge is -2.03. The molecule has 0 fully saturated rings. The molecule has 0 heterocycles. The normalized spacial score (nSPS) is 9.79. The van der Waals surface area contributed by atoms with Gasteiger partial charge in [0.15, 0.2) is 0 Å². The second-order valence-electron chi connectivity index (χ2n) is 2.52. The molecule has 1 rings (SSSR count). The van der Waals surface area contributed by atoms with Crippen molar-refractivity contribution in [2.45, 2.75) is 4.90 Å². The number of benzene rings is 1. The molecular weight excluding hydrogens is 204 g/mol. The smallest absolute Gasteiger partial charge is 0.336 e. The molecule has 0 spiro atoms. The van der Waals surface area contributed by atoms with Gasteiger partial charge in [-0.2, -0.15) is 0 Å². The summed E-state index contributed by atoms with van der Waals surface area (Å²) in [6.07, 6.45) is 1.79. The molecule has 0 aromatic heterocycles. The van der Waals surface area contributed by atoms with Crippen molar-refractivity contribution < 1.29 is 19.8 Å². The van der Waals surface area contributed by atoms with E-state index in [2.05, 4.69) is 0 Å². The molecule has 0 amide bonds. The fourth-order valence-electron chi connectivity index (χ4n) is 1.01. The maximum absolute atomic E-state index is 10.7. The van der Waals surface area contributed by atoms with Crippen LogP contribution in [0.15, 0.2) is 23.1 Å². The molecule has 5 heteroatoms. The Morgan fingerprint density at radius 3 is 2.14 bits per heavy atom. The van der Waals surface area contributed by atoms with Crippen LogP contribution in [-0.2, 0) is 0 Å². The molecule has 0 aliphatic heterocycles. The van der Waals surface area contributed by atoms with Crippen LogP contribution >= 0.6 is 11.8 Å². The fourth-order valence-corrected chi connectivity index (χ4v) is 1.45. The van der Waals surface area contributed by atoms with Crippen LogP contribution in [0.1, 0.15) is 20.7 Å². The Hall–Kier alpha value is -1.49. The monoisotopic (exact) mass is 212 g/mol. The van der Waals surface area contributed by atoms with E-state index < -0.39 is 11.9 Å². The predicted octanol–water partition coefficient (Wildman–Crippen LogP) is 1.80. The molecular formula is C9H8O4S. The van der Waals surface area contributed by atoms with Crippen LogP contribution in [0.3, 0.4) is 0 Å². The van der Waals surface area contributed by atoms with Gasteiger partial charge in [0.25, 0.3) is 0 Å². The summed E-state index contributed by atoms with van der Waals surface area (Å²) in [7, 11) is 0. The summed E-state index contributed by atoms with van der Waals surface area (Å²) < 4.78 is 0. The minimum Gasteiger partial charge on any atom is -0.478 e. The van der Waals surface area contributed by atoms with Gasteiger partial charge in [0, 0.05) is 4.90 Å². The first kappa shape index (κ1) is 10.6. The molecule has 0 bridgehead atoms. The van der Waals surface area contributed by atoms with Gasteiger partial charge in [-0.3, -0.25) is 0 Å². The van der Waals surface area contributed by atoms with Crippen molar-refractivity contribution in [1.82, 2.24) is 0 Å². The number of carboxylic acids is 2. The highest BCUT2D eigenvalue weighted by molar-refractivity contribution is 7.98. The van der Waals surface area contributed by atoms with Gasteiger partial charge in [-0.1, -0.05) is 0 Å². The summed E-state index contributed by atoms with van der Waals surface area (Å²) in [5.41, 5.74) is -0.361. The Kier molecular flexibility index (Phi) is 3.14. The van der Waals surface area contributed by atoms with Crippen molar-refractivity contribution in [3.63, 3.8) is 0 Å². The highest BCUT2D eigenvalue weighted by Gasteiger charge is 2.15. The number of aromatic carboxylic acids is 2. The van der Waals surface area contributed by atoms with Crippen molar-refractivity contribution in [1.29, 1.82) is 0 Å². The zero-order chi connectivity index (χ0) is 10.7. The summed E-state index contributed by atoms with van der Waals surface area (Å²) in [6, 6.07) is 4.24. The molecule has 0 aliphatic rings. The summed E-state index contributed by atoms with van der Waals surface area (Å²) in [6.45, 7) is 0. The van der Waals surface area contributed by atoms with Crippen LogP contribution in [0.25, 0.3) is 0 Å². The second kappa shape index (κ2) is 4.15. The number of hydrogen-bond donors (Lipinski definition) is 2. The third kappa shape index (κ3) is 2.05. The highest BCUT2D eigenvalue weighted by Crippen LogP contribution is 2.19. The van der Waals surface area contributed by atoms with Gasteiger partial charge in [-0.25, -0.2) is 9.59 Å². The van der Waals surface area contributed by atoms with Crippen LogP contribution < -0.4 is 0 Å². The minimum absolute atomic E-state index is 0.177. The van der Waals surface area contributed by atoms with Crippen molar-refractivity contribution in [3.05, 3.63) is 29.3 Å². The largest absolute Gasteiger partial charge is 0.478 e. The Bertz CT molecular complexity index is 386. The van der Waals surface area contributed by atoms with Crippen molar-refractivity contribution in [2.24, 2.45) is 0 Å². The average Bonchev–Trinajstić information content (AvgIpc) is 2.16. The van der Waals surface area contributed by atoms with E-state index in [-0.39, 0.29) is 11.1 Å². The number of rotatable bonds is 3.